The van der Waals surface area contributed by atoms with Gasteiger partial charge in [-0.3, -0.25) is 0 Å². The Hall–Kier alpha value is -2.28. The molecule has 1 aromatic rings. The summed E-state index contributed by atoms with van der Waals surface area (Å²) in [6.45, 7) is -0.278. The number of likely N-dealkylation sites (N-methyl/N-ethyl adjacent to an activating group) is 1. The fourth-order valence-corrected chi connectivity index (χ4v) is 1.46. The number of aliphatic hydroxyl groups is 1. The van der Waals surface area contributed by atoms with Gasteiger partial charge in [0.25, 0.3) is 0 Å². The van der Waals surface area contributed by atoms with Gasteiger partial charge in [0.1, 0.15) is 6.61 Å². The number of rotatable bonds is 6. The number of nitrogens with one attached hydrogen (secondary N) is 1. The zero-order chi connectivity index (χ0) is 15.0. The van der Waals surface area contributed by atoms with Gasteiger partial charge in [-0.15, -0.1) is 0 Å². The van der Waals surface area contributed by atoms with Crippen LogP contribution >= 0.6 is 0 Å². The molecule has 0 aromatic heterocycles. The van der Waals surface area contributed by atoms with Crippen LogP contribution in [0.2, 0.25) is 0 Å². The molecule has 110 valence electrons. The van der Waals surface area contributed by atoms with Gasteiger partial charge in [0.15, 0.2) is 0 Å². The van der Waals surface area contributed by atoms with E-state index in [1.54, 1.807) is 0 Å². The van der Waals surface area contributed by atoms with Gasteiger partial charge in [-0.1, -0.05) is 30.3 Å². The van der Waals surface area contributed by atoms with E-state index in [2.05, 4.69) is 5.32 Å². The van der Waals surface area contributed by atoms with Gasteiger partial charge in [-0.05, 0) is 5.56 Å². The predicted molar refractivity (Wildman–Crippen MR) is 71.3 cm³/mol. The molecule has 0 heterocycles. The Morgan fingerprint density at radius 2 is 2.00 bits per heavy atom. The molecule has 0 fully saturated rings. The summed E-state index contributed by atoms with van der Waals surface area (Å²) in [6.07, 6.45) is -1.84. The van der Waals surface area contributed by atoms with Gasteiger partial charge in [-0.25, -0.2) is 9.59 Å². The van der Waals surface area contributed by atoms with Crippen molar-refractivity contribution in [3.63, 3.8) is 0 Å². The highest BCUT2D eigenvalue weighted by Crippen LogP contribution is 2.01. The lowest BCUT2D eigenvalue weighted by Gasteiger charge is -2.23. The van der Waals surface area contributed by atoms with E-state index >= 15 is 0 Å². The van der Waals surface area contributed by atoms with Crippen molar-refractivity contribution >= 4 is 12.2 Å². The summed E-state index contributed by atoms with van der Waals surface area (Å²) >= 11 is 0. The normalized spacial score (nSPS) is 11.5. The Labute approximate surface area is 116 Å². The maximum Gasteiger partial charge on any atom is 0.407 e. The summed E-state index contributed by atoms with van der Waals surface area (Å²) in [5, 5.41) is 20.3. The summed E-state index contributed by atoms with van der Waals surface area (Å²) in [6, 6.07) is 8.46. The molecule has 0 aliphatic carbocycles. The first-order valence-corrected chi connectivity index (χ1v) is 6.05. The molecule has 7 heteroatoms. The van der Waals surface area contributed by atoms with E-state index in [-0.39, 0.29) is 19.8 Å². The smallest absolute Gasteiger partial charge is 0.407 e. The number of carbonyl (C=O) groups is 2. The number of benzene rings is 1. The molecule has 1 aromatic carbocycles. The Balaban J connectivity index is 2.33. The molecule has 0 saturated carbocycles. The molecule has 20 heavy (non-hydrogen) atoms. The van der Waals surface area contributed by atoms with Crippen LogP contribution in [0.15, 0.2) is 30.3 Å². The van der Waals surface area contributed by atoms with Crippen molar-refractivity contribution in [3.05, 3.63) is 35.9 Å². The van der Waals surface area contributed by atoms with Crippen molar-refractivity contribution in [1.82, 2.24) is 10.2 Å². The van der Waals surface area contributed by atoms with Crippen LogP contribution < -0.4 is 5.32 Å². The maximum atomic E-state index is 11.4. The molecule has 1 rings (SSSR count). The largest absolute Gasteiger partial charge is 0.465 e. The lowest BCUT2D eigenvalue weighted by Crippen LogP contribution is -2.46. The van der Waals surface area contributed by atoms with Gasteiger partial charge >= 0.3 is 12.2 Å². The van der Waals surface area contributed by atoms with Gasteiger partial charge < -0.3 is 25.2 Å². The van der Waals surface area contributed by atoms with Gasteiger partial charge in [0.05, 0.1) is 12.6 Å². The molecule has 0 aliphatic rings. The molecule has 0 aliphatic heterocycles. The molecule has 0 bridgehead atoms. The quantitative estimate of drug-likeness (QED) is 0.719. The average molecular weight is 282 g/mol. The number of aliphatic hydroxyl groups excluding tert-OH is 1. The van der Waals surface area contributed by atoms with Crippen LogP contribution in [0.25, 0.3) is 0 Å². The minimum atomic E-state index is -1.18. The van der Waals surface area contributed by atoms with Gasteiger partial charge in [-0.2, -0.15) is 0 Å². The number of hydrogen-bond acceptors (Lipinski definition) is 4. The SMILES string of the molecule is CN(C(=O)O)C(CO)CNC(=O)OCc1ccccc1. The first-order chi connectivity index (χ1) is 9.54. The molecule has 1 unspecified atom stereocenters. The van der Waals surface area contributed by atoms with Crippen molar-refractivity contribution in [1.29, 1.82) is 0 Å². The monoisotopic (exact) mass is 282 g/mol. The number of carbonyl (C=O) groups excluding carboxylic acids is 1. The number of alkyl carbamates (subject to hydrolysis) is 1. The van der Waals surface area contributed by atoms with Crippen molar-refractivity contribution < 1.29 is 24.5 Å². The van der Waals surface area contributed by atoms with Crippen molar-refractivity contribution in [2.75, 3.05) is 20.2 Å². The zero-order valence-electron chi connectivity index (χ0n) is 11.2. The highest BCUT2D eigenvalue weighted by Gasteiger charge is 2.19. The Kier molecular flexibility index (Phi) is 6.31. The van der Waals surface area contributed by atoms with Crippen LogP contribution in [0, 0.1) is 0 Å². The Morgan fingerprint density at radius 1 is 1.35 bits per heavy atom. The first-order valence-electron chi connectivity index (χ1n) is 6.05. The molecule has 2 amide bonds. The standard InChI is InChI=1S/C13H18N2O5/c1-15(13(18)19)11(8-16)7-14-12(17)20-9-10-5-3-2-4-6-10/h2-6,11,16H,7-9H2,1H3,(H,14,17)(H,18,19). The van der Waals surface area contributed by atoms with Crippen molar-refractivity contribution in [2.45, 2.75) is 12.6 Å². The fourth-order valence-electron chi connectivity index (χ4n) is 1.46. The number of ether oxygens (including phenoxy) is 1. The molecule has 0 saturated heterocycles. The van der Waals surface area contributed by atoms with E-state index in [0.717, 1.165) is 10.5 Å². The molecular weight excluding hydrogens is 264 g/mol. The van der Waals surface area contributed by atoms with Crippen LogP contribution in [0.4, 0.5) is 9.59 Å². The number of carboxylic acid groups (broad SMARTS) is 1. The lowest BCUT2D eigenvalue weighted by atomic mass is 10.2. The Morgan fingerprint density at radius 3 is 2.55 bits per heavy atom. The summed E-state index contributed by atoms with van der Waals surface area (Å²) in [4.78, 5) is 23.1. The van der Waals surface area contributed by atoms with E-state index < -0.39 is 18.2 Å². The second-order valence-electron chi connectivity index (χ2n) is 4.17. The van der Waals surface area contributed by atoms with E-state index in [9.17, 15) is 9.59 Å². The summed E-state index contributed by atoms with van der Waals surface area (Å²) in [5.41, 5.74) is 0.851. The van der Waals surface area contributed by atoms with E-state index in [0.29, 0.717) is 0 Å². The van der Waals surface area contributed by atoms with Crippen molar-refractivity contribution in [2.24, 2.45) is 0 Å². The van der Waals surface area contributed by atoms with Crippen LogP contribution in [-0.2, 0) is 11.3 Å². The third-order valence-electron chi connectivity index (χ3n) is 2.75. The number of hydrogen-bond donors (Lipinski definition) is 3. The summed E-state index contributed by atoms with van der Waals surface area (Å²) in [7, 11) is 1.32. The molecule has 0 spiro atoms. The second-order valence-corrected chi connectivity index (χ2v) is 4.17. The van der Waals surface area contributed by atoms with Crippen LogP contribution in [0.3, 0.4) is 0 Å². The van der Waals surface area contributed by atoms with E-state index in [1.165, 1.54) is 7.05 Å². The highest BCUT2D eigenvalue weighted by atomic mass is 16.5. The van der Waals surface area contributed by atoms with Crippen molar-refractivity contribution in [3.8, 4) is 0 Å². The molecule has 1 atom stereocenters. The fraction of sp³-hybridized carbons (Fsp3) is 0.385. The van der Waals surface area contributed by atoms with Crippen LogP contribution in [0.5, 0.6) is 0 Å². The van der Waals surface area contributed by atoms with Gasteiger partial charge in [0.2, 0.25) is 0 Å². The minimum Gasteiger partial charge on any atom is -0.465 e. The Bertz CT molecular complexity index is 438. The van der Waals surface area contributed by atoms with E-state index in [1.807, 2.05) is 30.3 Å². The topological polar surface area (TPSA) is 99.1 Å². The summed E-state index contributed by atoms with van der Waals surface area (Å²) < 4.78 is 4.97. The zero-order valence-corrected chi connectivity index (χ0v) is 11.2. The third-order valence-corrected chi connectivity index (χ3v) is 2.75. The van der Waals surface area contributed by atoms with Crippen LogP contribution in [-0.4, -0.2) is 53.5 Å². The predicted octanol–water partition coefficient (Wildman–Crippen LogP) is 0.883. The summed E-state index contributed by atoms with van der Waals surface area (Å²) in [5.74, 6) is 0. The lowest BCUT2D eigenvalue weighted by molar-refractivity contribution is 0.105. The van der Waals surface area contributed by atoms with Crippen LogP contribution in [0.1, 0.15) is 5.56 Å². The molecular formula is C13H18N2O5. The third kappa shape index (κ3) is 5.15. The number of amides is 2. The molecule has 0 radical (unpaired) electrons. The minimum absolute atomic E-state index is 0.0209. The van der Waals surface area contributed by atoms with Gasteiger partial charge in [0, 0.05) is 13.6 Å². The number of nitrogens with zero attached hydrogens (tertiary/aromatic N) is 1. The highest BCUT2D eigenvalue weighted by molar-refractivity contribution is 5.68. The average Bonchev–Trinajstić information content (AvgIpc) is 2.46. The van der Waals surface area contributed by atoms with E-state index in [4.69, 9.17) is 14.9 Å². The second kappa shape index (κ2) is 8.00. The first kappa shape index (κ1) is 15.8. The molecule has 7 nitrogen and oxygen atoms in total. The molecule has 3 N–H and O–H groups in total. The maximum absolute atomic E-state index is 11.4.